The van der Waals surface area contributed by atoms with Gasteiger partial charge in [0.05, 0.1) is 23.4 Å². The van der Waals surface area contributed by atoms with E-state index >= 15 is 0 Å². The van der Waals surface area contributed by atoms with Crippen LogP contribution < -0.4 is 4.90 Å². The molecule has 0 saturated carbocycles. The highest BCUT2D eigenvalue weighted by Crippen LogP contribution is 2.31. The maximum Gasteiger partial charge on any atom is 0.339 e. The molecular weight excluding hydrogens is 271 g/mol. The molecule has 1 aliphatic rings. The van der Waals surface area contributed by atoms with Crippen molar-refractivity contribution in [1.82, 2.24) is 4.98 Å². The number of carbonyl (C=O) groups excluding carboxylic acids is 1. The van der Waals surface area contributed by atoms with E-state index in [1.807, 2.05) is 4.90 Å². The van der Waals surface area contributed by atoms with Crippen LogP contribution in [0.2, 0.25) is 0 Å². The number of esters is 1. The molecule has 0 amide bonds. The zero-order valence-corrected chi connectivity index (χ0v) is 12.1. The molecule has 0 aliphatic carbocycles. The second-order valence-corrected chi connectivity index (χ2v) is 5.27. The van der Waals surface area contributed by atoms with Crippen LogP contribution in [0, 0.1) is 5.82 Å². The van der Waals surface area contributed by atoms with E-state index in [0.29, 0.717) is 34.8 Å². The number of halogens is 1. The van der Waals surface area contributed by atoms with Crippen LogP contribution >= 0.6 is 0 Å². The van der Waals surface area contributed by atoms with E-state index in [1.54, 1.807) is 19.1 Å². The maximum atomic E-state index is 14.3. The summed E-state index contributed by atoms with van der Waals surface area (Å²) < 4.78 is 19.2. The van der Waals surface area contributed by atoms with Gasteiger partial charge in [-0.1, -0.05) is 0 Å². The summed E-state index contributed by atoms with van der Waals surface area (Å²) in [5, 5.41) is 0.606. The SMILES string of the molecule is CCOC(=O)c1cnc2cc(N3CCC3C)c(F)cc2c1. The number of aromatic nitrogens is 1. The Kier molecular flexibility index (Phi) is 3.49. The molecular formula is C16H17FN2O2. The minimum atomic E-state index is -0.437. The Bertz CT molecular complexity index is 702. The normalized spacial score (nSPS) is 17.7. The van der Waals surface area contributed by atoms with Gasteiger partial charge in [0.1, 0.15) is 5.82 Å². The first kappa shape index (κ1) is 13.8. The molecule has 1 aromatic heterocycles. The Balaban J connectivity index is 2.00. The third-order valence-electron chi connectivity index (χ3n) is 3.89. The molecule has 110 valence electrons. The summed E-state index contributed by atoms with van der Waals surface area (Å²) in [4.78, 5) is 18.0. The second-order valence-electron chi connectivity index (χ2n) is 5.27. The minimum absolute atomic E-state index is 0.281. The van der Waals surface area contributed by atoms with Gasteiger partial charge in [-0.2, -0.15) is 0 Å². The number of anilines is 1. The van der Waals surface area contributed by atoms with Gasteiger partial charge in [-0.25, -0.2) is 9.18 Å². The Morgan fingerprint density at radius 3 is 2.90 bits per heavy atom. The zero-order chi connectivity index (χ0) is 15.0. The van der Waals surface area contributed by atoms with E-state index in [2.05, 4.69) is 11.9 Å². The molecule has 0 radical (unpaired) electrons. The lowest BCUT2D eigenvalue weighted by Gasteiger charge is -2.40. The van der Waals surface area contributed by atoms with E-state index in [1.165, 1.54) is 12.3 Å². The topological polar surface area (TPSA) is 42.4 Å². The predicted octanol–water partition coefficient (Wildman–Crippen LogP) is 3.15. The third-order valence-corrected chi connectivity index (χ3v) is 3.89. The fourth-order valence-electron chi connectivity index (χ4n) is 2.56. The maximum absolute atomic E-state index is 14.3. The van der Waals surface area contributed by atoms with Gasteiger partial charge < -0.3 is 9.64 Å². The van der Waals surface area contributed by atoms with Crippen LogP contribution in [0.4, 0.5) is 10.1 Å². The molecule has 0 bridgehead atoms. The van der Waals surface area contributed by atoms with E-state index in [4.69, 9.17) is 4.74 Å². The van der Waals surface area contributed by atoms with Crippen molar-refractivity contribution in [1.29, 1.82) is 0 Å². The van der Waals surface area contributed by atoms with Crippen molar-refractivity contribution in [3.05, 3.63) is 35.8 Å². The van der Waals surface area contributed by atoms with Gasteiger partial charge in [-0.05, 0) is 38.5 Å². The van der Waals surface area contributed by atoms with Gasteiger partial charge in [0, 0.05) is 24.2 Å². The fourth-order valence-corrected chi connectivity index (χ4v) is 2.56. The first-order valence-corrected chi connectivity index (χ1v) is 7.13. The summed E-state index contributed by atoms with van der Waals surface area (Å²) in [6.45, 7) is 4.98. The lowest BCUT2D eigenvalue weighted by molar-refractivity contribution is 0.0526. The molecule has 4 nitrogen and oxygen atoms in total. The number of hydrogen-bond donors (Lipinski definition) is 0. The van der Waals surface area contributed by atoms with E-state index in [-0.39, 0.29) is 5.82 Å². The largest absolute Gasteiger partial charge is 0.462 e. The molecule has 1 aliphatic heterocycles. The average Bonchev–Trinajstić information content (AvgIpc) is 2.46. The molecule has 0 spiro atoms. The summed E-state index contributed by atoms with van der Waals surface area (Å²) in [5.41, 5.74) is 1.60. The monoisotopic (exact) mass is 288 g/mol. The van der Waals surface area contributed by atoms with E-state index in [0.717, 1.165) is 13.0 Å². The summed E-state index contributed by atoms with van der Waals surface area (Å²) >= 11 is 0. The smallest absolute Gasteiger partial charge is 0.339 e. The number of carbonyl (C=O) groups is 1. The van der Waals surface area contributed by atoms with Gasteiger partial charge in [-0.3, -0.25) is 4.98 Å². The van der Waals surface area contributed by atoms with Crippen molar-refractivity contribution in [2.24, 2.45) is 0 Å². The quantitative estimate of drug-likeness (QED) is 0.814. The molecule has 1 saturated heterocycles. The Labute approximate surface area is 122 Å². The number of nitrogens with zero attached hydrogens (tertiary/aromatic N) is 2. The highest BCUT2D eigenvalue weighted by Gasteiger charge is 2.26. The van der Waals surface area contributed by atoms with Crippen LogP contribution in [0.1, 0.15) is 30.6 Å². The molecule has 2 aromatic rings. The highest BCUT2D eigenvalue weighted by atomic mass is 19.1. The first-order valence-electron chi connectivity index (χ1n) is 7.13. The molecule has 1 atom stereocenters. The van der Waals surface area contributed by atoms with Crippen molar-refractivity contribution < 1.29 is 13.9 Å². The third kappa shape index (κ3) is 2.44. The van der Waals surface area contributed by atoms with Crippen LogP contribution in [0.3, 0.4) is 0 Å². The second kappa shape index (κ2) is 5.31. The van der Waals surface area contributed by atoms with E-state index < -0.39 is 5.97 Å². The number of ether oxygens (including phenoxy) is 1. The predicted molar refractivity (Wildman–Crippen MR) is 79.1 cm³/mol. The Morgan fingerprint density at radius 2 is 2.29 bits per heavy atom. The molecule has 1 unspecified atom stereocenters. The van der Waals surface area contributed by atoms with Gasteiger partial charge in [0.15, 0.2) is 0 Å². The highest BCUT2D eigenvalue weighted by molar-refractivity contribution is 5.94. The van der Waals surface area contributed by atoms with Crippen LogP contribution in [0.5, 0.6) is 0 Å². The van der Waals surface area contributed by atoms with E-state index in [9.17, 15) is 9.18 Å². The standard InChI is InChI=1S/C16H17FN2O2/c1-3-21-16(20)12-6-11-7-13(17)15(8-14(11)18-9-12)19-5-4-10(19)2/h6-10H,3-5H2,1-2H3. The van der Waals surface area contributed by atoms with Crippen molar-refractivity contribution in [3.8, 4) is 0 Å². The molecule has 3 rings (SSSR count). The van der Waals surface area contributed by atoms with Gasteiger partial charge in [0.2, 0.25) is 0 Å². The van der Waals surface area contributed by atoms with Crippen molar-refractivity contribution >= 4 is 22.6 Å². The lowest BCUT2D eigenvalue weighted by Crippen LogP contribution is -2.46. The number of hydrogen-bond acceptors (Lipinski definition) is 4. The molecule has 0 N–H and O–H groups in total. The summed E-state index contributed by atoms with van der Waals surface area (Å²) in [6, 6.07) is 5.16. The van der Waals surface area contributed by atoms with Gasteiger partial charge >= 0.3 is 5.97 Å². The number of rotatable bonds is 3. The van der Waals surface area contributed by atoms with Crippen LogP contribution in [0.15, 0.2) is 24.4 Å². The number of benzene rings is 1. The molecule has 1 fully saturated rings. The Morgan fingerprint density at radius 1 is 1.48 bits per heavy atom. The summed E-state index contributed by atoms with van der Waals surface area (Å²) in [5.74, 6) is -0.718. The minimum Gasteiger partial charge on any atom is -0.462 e. The summed E-state index contributed by atoms with van der Waals surface area (Å²) in [6.07, 6.45) is 2.55. The number of fused-ring (bicyclic) bond motifs is 1. The molecule has 5 heteroatoms. The fraction of sp³-hybridized carbons (Fsp3) is 0.375. The van der Waals surface area contributed by atoms with Crippen molar-refractivity contribution in [2.75, 3.05) is 18.1 Å². The van der Waals surface area contributed by atoms with Gasteiger partial charge in [0.25, 0.3) is 0 Å². The van der Waals surface area contributed by atoms with Crippen LogP contribution in [-0.4, -0.2) is 30.1 Å². The number of pyridine rings is 1. The summed E-state index contributed by atoms with van der Waals surface area (Å²) in [7, 11) is 0. The van der Waals surface area contributed by atoms with Crippen molar-refractivity contribution in [3.63, 3.8) is 0 Å². The zero-order valence-electron chi connectivity index (χ0n) is 12.1. The average molecular weight is 288 g/mol. The Hall–Kier alpha value is -2.17. The molecule has 1 aromatic carbocycles. The molecule has 21 heavy (non-hydrogen) atoms. The van der Waals surface area contributed by atoms with Gasteiger partial charge in [-0.15, -0.1) is 0 Å². The first-order chi connectivity index (χ1) is 10.1. The van der Waals surface area contributed by atoms with Crippen LogP contribution in [-0.2, 0) is 4.74 Å². The lowest BCUT2D eigenvalue weighted by atomic mass is 10.0. The molecule has 2 heterocycles. The van der Waals surface area contributed by atoms with Crippen LogP contribution in [0.25, 0.3) is 10.9 Å². The van der Waals surface area contributed by atoms with Crippen molar-refractivity contribution in [2.45, 2.75) is 26.3 Å².